The van der Waals surface area contributed by atoms with Gasteiger partial charge in [0, 0.05) is 56.3 Å². The first-order valence-electron chi connectivity index (χ1n) is 21.9. The lowest BCUT2D eigenvalue weighted by atomic mass is 9.70. The van der Waals surface area contributed by atoms with Crippen molar-refractivity contribution < 1.29 is 82.3 Å². The summed E-state index contributed by atoms with van der Waals surface area (Å²) in [4.78, 5) is 64.7. The number of methoxy groups -OCH3 is 2. The number of aliphatic hydroxyl groups excluding tert-OH is 2. The van der Waals surface area contributed by atoms with Gasteiger partial charge in [-0.3, -0.25) is 9.59 Å². The number of carbonyl (C=O) groups is 5. The Kier molecular flexibility index (Phi) is 18.3. The van der Waals surface area contributed by atoms with Crippen LogP contribution in [0.5, 0.6) is 0 Å². The standard InChI is InChI=1S/C47H68O17/c1-10-11-12-13-14-15-39(51)62-43-31(22-41(53)58-9)21-34-25-37(28(2)48)61-42(54)24-32(50)23-35-26-38(59-29(3)49)45(6,7)46(55,63-35)27-36-19-30(20-40(52)57-8)18-33(60-36)16-17-44(4,5)47(43,56)64-34/h12-17,20,22,28,32-38,43,48,50,55-56H,10-11,18-19,21,23-27H2,1-9H3/b13-12+,15-14+,17-16+,30-20-,31-22+/t28-,32-,33?,34?,35-,36+,37-,38+,43?,46+,47?/m1/s1. The summed E-state index contributed by atoms with van der Waals surface area (Å²) < 4.78 is 46.7. The van der Waals surface area contributed by atoms with E-state index in [0.717, 1.165) is 32.1 Å². The number of fused-ring (bicyclic) bond motifs is 6. The van der Waals surface area contributed by atoms with Crippen LogP contribution in [-0.2, 0) is 61.9 Å². The van der Waals surface area contributed by atoms with Crippen LogP contribution in [0.4, 0.5) is 0 Å². The molecule has 0 spiro atoms. The minimum atomic E-state index is -2.47. The van der Waals surface area contributed by atoms with Crippen LogP contribution in [0.25, 0.3) is 0 Å². The van der Waals surface area contributed by atoms with Crippen molar-refractivity contribution >= 4 is 29.8 Å². The lowest BCUT2D eigenvalue weighted by molar-refractivity contribution is -0.348. The van der Waals surface area contributed by atoms with E-state index in [1.807, 2.05) is 13.0 Å². The molecule has 4 N–H and O–H groups in total. The third kappa shape index (κ3) is 13.4. The van der Waals surface area contributed by atoms with E-state index in [9.17, 15) is 44.4 Å². The van der Waals surface area contributed by atoms with Gasteiger partial charge in [0.1, 0.15) is 12.2 Å². The highest BCUT2D eigenvalue weighted by Crippen LogP contribution is 2.50. The number of carbonyl (C=O) groups excluding carboxylic acids is 5. The van der Waals surface area contributed by atoms with Gasteiger partial charge in [-0.15, -0.1) is 0 Å². The second-order valence-corrected chi connectivity index (χ2v) is 18.3. The molecule has 0 radical (unpaired) electrons. The number of esters is 5. The monoisotopic (exact) mass is 904 g/mol. The molecule has 3 saturated heterocycles. The largest absolute Gasteiger partial charge is 0.466 e. The van der Waals surface area contributed by atoms with Crippen molar-refractivity contribution in [3.63, 3.8) is 0 Å². The normalized spacial score (nSPS) is 35.8. The molecule has 64 heavy (non-hydrogen) atoms. The number of ether oxygens (including phenoxy) is 8. The first-order chi connectivity index (χ1) is 29.9. The quantitative estimate of drug-likeness (QED) is 0.0830. The fraction of sp³-hybridized carbons (Fsp3) is 0.681. The Bertz CT molecular complexity index is 1830. The number of aliphatic hydroxyl groups is 4. The van der Waals surface area contributed by atoms with Gasteiger partial charge in [-0.25, -0.2) is 14.4 Å². The number of rotatable bonds is 9. The summed E-state index contributed by atoms with van der Waals surface area (Å²) in [5.41, 5.74) is -2.06. The second kappa shape index (κ2) is 22.3. The van der Waals surface area contributed by atoms with Crippen molar-refractivity contribution in [3.8, 4) is 0 Å². The zero-order valence-electron chi connectivity index (χ0n) is 38.5. The third-order valence-electron chi connectivity index (χ3n) is 12.4. The van der Waals surface area contributed by atoms with Crippen LogP contribution in [0.2, 0.25) is 0 Å². The minimum Gasteiger partial charge on any atom is -0.466 e. The zero-order valence-corrected chi connectivity index (χ0v) is 38.5. The lowest BCUT2D eigenvalue weighted by Crippen LogP contribution is -2.62. The van der Waals surface area contributed by atoms with E-state index >= 15 is 0 Å². The average molecular weight is 905 g/mol. The Balaban J connectivity index is 1.89. The Labute approximate surface area is 375 Å². The fourth-order valence-electron chi connectivity index (χ4n) is 8.57. The van der Waals surface area contributed by atoms with Gasteiger partial charge in [-0.1, -0.05) is 77.0 Å². The molecule has 0 aliphatic carbocycles. The van der Waals surface area contributed by atoms with Gasteiger partial charge in [-0.05, 0) is 38.2 Å². The number of hydrogen-bond acceptors (Lipinski definition) is 17. The average Bonchev–Trinajstić information content (AvgIpc) is 3.19. The summed E-state index contributed by atoms with van der Waals surface area (Å²) in [6, 6.07) is 0. The predicted octanol–water partition coefficient (Wildman–Crippen LogP) is 4.28. The molecule has 0 aromatic heterocycles. The molecule has 11 atom stereocenters. The maximum Gasteiger partial charge on any atom is 0.331 e. The molecular formula is C47H68O17. The van der Waals surface area contributed by atoms with Crippen LogP contribution in [0.3, 0.4) is 0 Å². The molecule has 0 saturated carbocycles. The Hall–Kier alpha value is -4.23. The van der Waals surface area contributed by atoms with Crippen molar-refractivity contribution in [1.29, 1.82) is 0 Å². The molecule has 0 aromatic rings. The lowest BCUT2D eigenvalue weighted by Gasteiger charge is -2.53. The first kappa shape index (κ1) is 52.4. The smallest absolute Gasteiger partial charge is 0.331 e. The van der Waals surface area contributed by atoms with E-state index in [4.69, 9.17) is 37.9 Å². The number of allylic oxidation sites excluding steroid dienone is 3. The van der Waals surface area contributed by atoms with Crippen LogP contribution >= 0.6 is 0 Å². The highest BCUT2D eigenvalue weighted by Gasteiger charge is 2.59. The van der Waals surface area contributed by atoms with Gasteiger partial charge in [-0.2, -0.15) is 0 Å². The fourth-order valence-corrected chi connectivity index (χ4v) is 8.57. The van der Waals surface area contributed by atoms with Crippen LogP contribution in [0, 0.1) is 10.8 Å². The molecule has 4 aliphatic rings. The predicted molar refractivity (Wildman–Crippen MR) is 228 cm³/mol. The highest BCUT2D eigenvalue weighted by atomic mass is 16.7. The van der Waals surface area contributed by atoms with Gasteiger partial charge in [0.15, 0.2) is 11.9 Å². The van der Waals surface area contributed by atoms with E-state index in [2.05, 4.69) is 0 Å². The molecule has 0 aromatic carbocycles. The molecule has 0 amide bonds. The summed E-state index contributed by atoms with van der Waals surface area (Å²) >= 11 is 0. The minimum absolute atomic E-state index is 0.0721. The van der Waals surface area contributed by atoms with Crippen molar-refractivity contribution in [2.24, 2.45) is 10.8 Å². The van der Waals surface area contributed by atoms with Crippen molar-refractivity contribution in [3.05, 3.63) is 59.8 Å². The van der Waals surface area contributed by atoms with Crippen molar-refractivity contribution in [2.75, 3.05) is 14.2 Å². The molecule has 6 bridgehead atoms. The zero-order chi connectivity index (χ0) is 47.6. The topological polar surface area (TPSA) is 240 Å². The molecule has 4 aliphatic heterocycles. The Morgan fingerprint density at radius 2 is 1.56 bits per heavy atom. The molecule has 4 rings (SSSR count). The summed E-state index contributed by atoms with van der Waals surface area (Å²) in [6.07, 6.45) is 2.55. The van der Waals surface area contributed by atoms with Crippen LogP contribution in [-0.4, -0.2) is 131 Å². The highest BCUT2D eigenvalue weighted by molar-refractivity contribution is 5.85. The number of hydrogen-bond donors (Lipinski definition) is 4. The second-order valence-electron chi connectivity index (χ2n) is 18.3. The summed E-state index contributed by atoms with van der Waals surface area (Å²) in [5.74, 6) is -8.31. The van der Waals surface area contributed by atoms with Crippen LogP contribution < -0.4 is 0 Å². The Morgan fingerprint density at radius 1 is 0.875 bits per heavy atom. The van der Waals surface area contributed by atoms with Crippen molar-refractivity contribution in [2.45, 2.75) is 179 Å². The summed E-state index contributed by atoms with van der Waals surface area (Å²) in [6.45, 7) is 11.2. The molecule has 4 unspecified atom stereocenters. The van der Waals surface area contributed by atoms with Gasteiger partial charge in [0.2, 0.25) is 5.79 Å². The third-order valence-corrected chi connectivity index (χ3v) is 12.4. The van der Waals surface area contributed by atoms with E-state index in [1.165, 1.54) is 33.1 Å². The van der Waals surface area contributed by atoms with E-state index in [0.29, 0.717) is 5.57 Å². The molecule has 3 fully saturated rings. The summed E-state index contributed by atoms with van der Waals surface area (Å²) in [7, 11) is 2.40. The van der Waals surface area contributed by atoms with E-state index < -0.39 is 114 Å². The first-order valence-corrected chi connectivity index (χ1v) is 21.9. The van der Waals surface area contributed by atoms with Gasteiger partial charge < -0.3 is 58.3 Å². The van der Waals surface area contributed by atoms with Crippen LogP contribution in [0.1, 0.15) is 113 Å². The maximum absolute atomic E-state index is 13.4. The molecule has 17 nitrogen and oxygen atoms in total. The number of unbranched alkanes of at least 4 members (excludes halogenated alkanes) is 1. The van der Waals surface area contributed by atoms with E-state index in [1.54, 1.807) is 45.9 Å². The number of cyclic esters (lactones) is 1. The molecule has 17 heteroatoms. The maximum atomic E-state index is 13.4. The van der Waals surface area contributed by atoms with Gasteiger partial charge >= 0.3 is 29.8 Å². The van der Waals surface area contributed by atoms with E-state index in [-0.39, 0.29) is 50.5 Å². The van der Waals surface area contributed by atoms with Crippen LogP contribution in [0.15, 0.2) is 59.8 Å². The molecule has 358 valence electrons. The molecule has 4 heterocycles. The molecular weight excluding hydrogens is 836 g/mol. The SMILES string of the molecule is CCC/C=C/C=C/C(=O)OC1/C(=C/C(=O)OC)CC2C[C@H]([C@@H](C)O)OC(=O)C[C@H](O)C[C@@H]3C[C@H](OC(C)=O)C(C)(C)[C@](O)(C[C@@H]4C/C(=C\C(=O)OC)CC(/C=C/C(C)(C)C1(O)O2)O4)O3. The van der Waals surface area contributed by atoms with Gasteiger partial charge in [0.25, 0.3) is 0 Å². The Morgan fingerprint density at radius 3 is 2.20 bits per heavy atom. The van der Waals surface area contributed by atoms with Crippen molar-refractivity contribution in [1.82, 2.24) is 0 Å². The van der Waals surface area contributed by atoms with Gasteiger partial charge in [0.05, 0.1) is 62.7 Å². The summed E-state index contributed by atoms with van der Waals surface area (Å²) in [5, 5.41) is 47.5.